The molecular formula is C18H38. The first-order valence-corrected chi connectivity index (χ1v) is 8.36. The third-order valence-electron chi connectivity index (χ3n) is 4.81. The molecule has 0 bridgehead atoms. The molecule has 18 heavy (non-hydrogen) atoms. The first-order chi connectivity index (χ1) is 8.36. The van der Waals surface area contributed by atoms with Crippen molar-refractivity contribution in [2.24, 2.45) is 23.2 Å². The minimum atomic E-state index is 0.486. The van der Waals surface area contributed by atoms with Crippen molar-refractivity contribution in [3.8, 4) is 0 Å². The molecule has 2 atom stereocenters. The lowest BCUT2D eigenvalue weighted by molar-refractivity contribution is 0.188. The molecule has 0 amide bonds. The van der Waals surface area contributed by atoms with Crippen LogP contribution in [0.4, 0.5) is 0 Å². The Morgan fingerprint density at radius 1 is 0.778 bits per heavy atom. The number of hydrogen-bond acceptors (Lipinski definition) is 0. The molecule has 0 aromatic heterocycles. The maximum atomic E-state index is 2.49. The molecule has 0 saturated heterocycles. The van der Waals surface area contributed by atoms with Crippen LogP contribution in [0, 0.1) is 23.2 Å². The highest BCUT2D eigenvalue weighted by atomic mass is 14.3. The Hall–Kier alpha value is 0. The van der Waals surface area contributed by atoms with E-state index in [2.05, 4.69) is 48.5 Å². The van der Waals surface area contributed by atoms with Crippen LogP contribution in [-0.2, 0) is 0 Å². The van der Waals surface area contributed by atoms with Gasteiger partial charge in [0.15, 0.2) is 0 Å². The normalized spacial score (nSPS) is 16.0. The van der Waals surface area contributed by atoms with Crippen molar-refractivity contribution < 1.29 is 0 Å². The number of hydrogen-bond donors (Lipinski definition) is 0. The van der Waals surface area contributed by atoms with Crippen LogP contribution in [0.2, 0.25) is 0 Å². The molecular weight excluding hydrogens is 216 g/mol. The highest BCUT2D eigenvalue weighted by Crippen LogP contribution is 2.35. The molecule has 0 nitrogen and oxygen atoms in total. The molecule has 2 unspecified atom stereocenters. The second-order valence-corrected chi connectivity index (χ2v) is 7.36. The zero-order valence-corrected chi connectivity index (χ0v) is 14.2. The molecule has 0 spiro atoms. The summed E-state index contributed by atoms with van der Waals surface area (Å²) >= 11 is 0. The number of rotatable bonds is 9. The molecule has 0 radical (unpaired) electrons. The zero-order chi connectivity index (χ0) is 14.2. The summed E-state index contributed by atoms with van der Waals surface area (Å²) in [5.74, 6) is 2.78. The summed E-state index contributed by atoms with van der Waals surface area (Å²) in [6, 6.07) is 0. The summed E-state index contributed by atoms with van der Waals surface area (Å²) in [4.78, 5) is 0. The lowest BCUT2D eigenvalue weighted by Crippen LogP contribution is -2.21. The Morgan fingerprint density at radius 2 is 1.28 bits per heavy atom. The Kier molecular flexibility index (Phi) is 8.99. The minimum Gasteiger partial charge on any atom is -0.0654 e. The third kappa shape index (κ3) is 6.81. The predicted molar refractivity (Wildman–Crippen MR) is 84.9 cm³/mol. The monoisotopic (exact) mass is 254 g/mol. The van der Waals surface area contributed by atoms with Crippen LogP contribution in [0.3, 0.4) is 0 Å². The molecule has 0 heterocycles. The van der Waals surface area contributed by atoms with Crippen molar-refractivity contribution in [1.82, 2.24) is 0 Å². The van der Waals surface area contributed by atoms with Crippen molar-refractivity contribution >= 4 is 0 Å². The van der Waals surface area contributed by atoms with E-state index >= 15 is 0 Å². The highest BCUT2D eigenvalue weighted by molar-refractivity contribution is 4.75. The molecule has 0 rings (SSSR count). The standard InChI is InChI=1S/C18H38/c1-8-11-16(12-9-2)15(4)13-14-17(10-3)18(5,6)7/h15-17H,8-14H2,1-7H3. The summed E-state index contributed by atoms with van der Waals surface area (Å²) in [5, 5.41) is 0. The molecule has 0 aliphatic carbocycles. The second-order valence-electron chi connectivity index (χ2n) is 7.36. The van der Waals surface area contributed by atoms with E-state index in [-0.39, 0.29) is 0 Å². The van der Waals surface area contributed by atoms with Crippen molar-refractivity contribution in [2.45, 2.75) is 93.4 Å². The summed E-state index contributed by atoms with van der Waals surface area (Å²) in [5.41, 5.74) is 0.486. The van der Waals surface area contributed by atoms with Crippen LogP contribution in [0.1, 0.15) is 93.4 Å². The van der Waals surface area contributed by atoms with E-state index in [1.165, 1.54) is 44.9 Å². The lowest BCUT2D eigenvalue weighted by Gasteiger charge is -2.32. The average Bonchev–Trinajstić information content (AvgIpc) is 2.27. The van der Waals surface area contributed by atoms with Crippen molar-refractivity contribution in [3.05, 3.63) is 0 Å². The van der Waals surface area contributed by atoms with E-state index < -0.39 is 0 Å². The Morgan fingerprint density at radius 3 is 1.61 bits per heavy atom. The smallest absolute Gasteiger partial charge is 0.0354 e. The van der Waals surface area contributed by atoms with Gasteiger partial charge in [0.05, 0.1) is 0 Å². The zero-order valence-electron chi connectivity index (χ0n) is 14.2. The van der Waals surface area contributed by atoms with Crippen LogP contribution in [-0.4, -0.2) is 0 Å². The van der Waals surface area contributed by atoms with Gasteiger partial charge < -0.3 is 0 Å². The van der Waals surface area contributed by atoms with E-state index in [0.29, 0.717) is 5.41 Å². The van der Waals surface area contributed by atoms with E-state index in [9.17, 15) is 0 Å². The highest BCUT2D eigenvalue weighted by Gasteiger charge is 2.24. The summed E-state index contributed by atoms with van der Waals surface area (Å²) < 4.78 is 0. The quantitative estimate of drug-likeness (QED) is 0.430. The van der Waals surface area contributed by atoms with Gasteiger partial charge in [0.1, 0.15) is 0 Å². The van der Waals surface area contributed by atoms with Crippen molar-refractivity contribution in [3.63, 3.8) is 0 Å². The molecule has 0 N–H and O–H groups in total. The molecule has 0 aromatic rings. The van der Waals surface area contributed by atoms with Crippen molar-refractivity contribution in [1.29, 1.82) is 0 Å². The average molecular weight is 255 g/mol. The first-order valence-electron chi connectivity index (χ1n) is 8.36. The van der Waals surface area contributed by atoms with Gasteiger partial charge in [0.2, 0.25) is 0 Å². The molecule has 0 heteroatoms. The Balaban J connectivity index is 4.23. The van der Waals surface area contributed by atoms with Gasteiger partial charge >= 0.3 is 0 Å². The van der Waals surface area contributed by atoms with Gasteiger partial charge in [-0.1, -0.05) is 87.0 Å². The van der Waals surface area contributed by atoms with E-state index in [1.54, 1.807) is 0 Å². The van der Waals surface area contributed by atoms with E-state index in [0.717, 1.165) is 17.8 Å². The first kappa shape index (κ1) is 18.0. The Labute approximate surface area is 117 Å². The van der Waals surface area contributed by atoms with Gasteiger partial charge in [-0.2, -0.15) is 0 Å². The third-order valence-corrected chi connectivity index (χ3v) is 4.81. The maximum Gasteiger partial charge on any atom is -0.0354 e. The van der Waals surface area contributed by atoms with E-state index in [1.807, 2.05) is 0 Å². The second kappa shape index (κ2) is 8.99. The summed E-state index contributed by atoms with van der Waals surface area (Å²) in [7, 11) is 0. The van der Waals surface area contributed by atoms with Crippen LogP contribution >= 0.6 is 0 Å². The van der Waals surface area contributed by atoms with Gasteiger partial charge in [-0.25, -0.2) is 0 Å². The fourth-order valence-electron chi connectivity index (χ4n) is 3.40. The van der Waals surface area contributed by atoms with Gasteiger partial charge in [-0.15, -0.1) is 0 Å². The van der Waals surface area contributed by atoms with Crippen LogP contribution in [0.15, 0.2) is 0 Å². The van der Waals surface area contributed by atoms with E-state index in [4.69, 9.17) is 0 Å². The fourth-order valence-corrected chi connectivity index (χ4v) is 3.40. The summed E-state index contributed by atoms with van der Waals surface area (Å²) in [6.45, 7) is 16.7. The van der Waals surface area contributed by atoms with Crippen LogP contribution in [0.5, 0.6) is 0 Å². The summed E-state index contributed by atoms with van der Waals surface area (Å²) in [6.07, 6.45) is 9.76. The maximum absolute atomic E-state index is 2.49. The van der Waals surface area contributed by atoms with Gasteiger partial charge in [-0.05, 0) is 29.6 Å². The molecule has 0 aliphatic heterocycles. The Bertz CT molecular complexity index is 181. The minimum absolute atomic E-state index is 0.486. The van der Waals surface area contributed by atoms with Crippen molar-refractivity contribution in [2.75, 3.05) is 0 Å². The van der Waals surface area contributed by atoms with Gasteiger partial charge in [0, 0.05) is 0 Å². The van der Waals surface area contributed by atoms with Crippen LogP contribution < -0.4 is 0 Å². The topological polar surface area (TPSA) is 0 Å². The lowest BCUT2D eigenvalue weighted by atomic mass is 9.74. The predicted octanol–water partition coefficient (Wildman–Crippen LogP) is 6.69. The van der Waals surface area contributed by atoms with Gasteiger partial charge in [0.25, 0.3) is 0 Å². The SMILES string of the molecule is CCCC(CCC)C(C)CCC(CC)C(C)(C)C. The molecule has 0 saturated carbocycles. The molecule has 0 aromatic carbocycles. The van der Waals surface area contributed by atoms with Crippen LogP contribution in [0.25, 0.3) is 0 Å². The molecule has 0 aliphatic rings. The van der Waals surface area contributed by atoms with Gasteiger partial charge in [-0.3, -0.25) is 0 Å². The fraction of sp³-hybridized carbons (Fsp3) is 1.00. The molecule has 0 fully saturated rings. The molecule has 110 valence electrons. The largest absolute Gasteiger partial charge is 0.0654 e.